The van der Waals surface area contributed by atoms with Gasteiger partial charge in [-0.05, 0) is 78.9 Å². The number of hydrogen-bond acceptors (Lipinski definition) is 14. The van der Waals surface area contributed by atoms with Crippen molar-refractivity contribution in [3.63, 3.8) is 0 Å². The lowest BCUT2D eigenvalue weighted by Gasteiger charge is -2.33. The van der Waals surface area contributed by atoms with Crippen molar-refractivity contribution in [3.05, 3.63) is 71.4 Å². The van der Waals surface area contributed by atoms with Gasteiger partial charge in [0.2, 0.25) is 0 Å². The van der Waals surface area contributed by atoms with Crippen LogP contribution in [0.15, 0.2) is 71.4 Å². The fourth-order valence-corrected chi connectivity index (χ4v) is 8.51. The first-order chi connectivity index (χ1) is 36.5. The van der Waals surface area contributed by atoms with Crippen LogP contribution in [0.4, 0.5) is 0 Å². The van der Waals surface area contributed by atoms with Gasteiger partial charge in [0.05, 0.1) is 13.2 Å². The van der Waals surface area contributed by atoms with Crippen molar-refractivity contribution in [1.82, 2.24) is 29.4 Å². The van der Waals surface area contributed by atoms with Crippen LogP contribution in [0.25, 0.3) is 0 Å². The molecule has 12 amide bonds. The predicted octanol–water partition coefficient (Wildman–Crippen LogP) is 6.97. The minimum absolute atomic E-state index is 0.115. The molecule has 19 nitrogen and oxygen atoms in total. The quantitative estimate of drug-likeness (QED) is 0.0702. The first-order valence-corrected chi connectivity index (χ1v) is 28.1. The Hall–Kier alpha value is -6.41. The molecule has 0 spiro atoms. The molecule has 0 saturated heterocycles. The maximum absolute atomic E-state index is 11.5. The lowest BCUT2D eigenvalue weighted by molar-refractivity contribution is -0.144. The molecule has 0 radical (unpaired) electrons. The summed E-state index contributed by atoms with van der Waals surface area (Å²) in [5, 5.41) is 0. The number of rotatable bonds is 24. The van der Waals surface area contributed by atoms with Crippen LogP contribution in [0.1, 0.15) is 153 Å². The average molecular weight is 1090 g/mol. The van der Waals surface area contributed by atoms with E-state index in [-0.39, 0.29) is 76.4 Å². The van der Waals surface area contributed by atoms with Crippen molar-refractivity contribution >= 4 is 82.6 Å². The molecular formula is C57H84N6O13S. The Morgan fingerprint density at radius 2 is 0.766 bits per heavy atom. The molecule has 0 aromatic carbocycles. The molecule has 0 saturated carbocycles. The Morgan fingerprint density at radius 1 is 0.390 bits per heavy atom. The van der Waals surface area contributed by atoms with E-state index in [1.54, 1.807) is 32.5 Å². The van der Waals surface area contributed by atoms with E-state index in [1.165, 1.54) is 96.9 Å². The number of thioether (sulfide) groups is 1. The van der Waals surface area contributed by atoms with Crippen molar-refractivity contribution in [2.75, 3.05) is 57.4 Å². The number of carbonyl (C=O) groups is 12. The Kier molecular flexibility index (Phi) is 32.6. The van der Waals surface area contributed by atoms with Gasteiger partial charge in [0.25, 0.3) is 70.9 Å². The Balaban J connectivity index is 0.000000463. The summed E-state index contributed by atoms with van der Waals surface area (Å²) in [5.74, 6) is -0.135. The molecular weight excluding hydrogens is 1010 g/mol. The molecule has 6 heterocycles. The highest BCUT2D eigenvalue weighted by atomic mass is 32.2. The lowest BCUT2D eigenvalue weighted by Crippen LogP contribution is -2.47. The highest BCUT2D eigenvalue weighted by molar-refractivity contribution is 7.99. The molecule has 0 aromatic rings. The van der Waals surface area contributed by atoms with Crippen molar-refractivity contribution in [2.24, 2.45) is 0 Å². The zero-order chi connectivity index (χ0) is 58.3. The molecule has 0 fully saturated rings. The van der Waals surface area contributed by atoms with Gasteiger partial charge in [-0.2, -0.15) is 11.8 Å². The molecule has 6 rings (SSSR count). The zero-order valence-corrected chi connectivity index (χ0v) is 48.3. The molecule has 0 unspecified atom stereocenters. The number of nitrogens with zero attached hydrogens (tertiary/aromatic N) is 6. The highest BCUT2D eigenvalue weighted by Gasteiger charge is 2.36. The maximum atomic E-state index is 11.5. The number of imide groups is 6. The average Bonchev–Trinajstić information content (AvgIpc) is 4.20. The number of ether oxygens (including phenoxy) is 1. The highest BCUT2D eigenvalue weighted by Crippen LogP contribution is 2.24. The van der Waals surface area contributed by atoms with E-state index >= 15 is 0 Å². The molecule has 426 valence electrons. The van der Waals surface area contributed by atoms with Crippen LogP contribution in [-0.2, 0) is 62.3 Å². The van der Waals surface area contributed by atoms with E-state index in [0.29, 0.717) is 62.7 Å². The van der Waals surface area contributed by atoms with Crippen LogP contribution in [0.3, 0.4) is 0 Å². The molecule has 0 N–H and O–H groups in total. The molecule has 6 aliphatic heterocycles. The van der Waals surface area contributed by atoms with Gasteiger partial charge >= 0.3 is 0 Å². The minimum Gasteiger partial charge on any atom is -0.380 e. The molecule has 0 aromatic heterocycles. The van der Waals surface area contributed by atoms with Gasteiger partial charge in [-0.3, -0.25) is 86.9 Å². The predicted molar refractivity (Wildman–Crippen MR) is 296 cm³/mol. The van der Waals surface area contributed by atoms with Crippen LogP contribution in [0.5, 0.6) is 0 Å². The second-order valence-electron chi connectivity index (χ2n) is 19.0. The molecule has 20 heteroatoms. The summed E-state index contributed by atoms with van der Waals surface area (Å²) < 4.78 is 5.26. The van der Waals surface area contributed by atoms with Gasteiger partial charge in [0, 0.05) is 115 Å². The van der Waals surface area contributed by atoms with Crippen molar-refractivity contribution in [2.45, 2.75) is 159 Å². The number of unbranched alkanes of at least 4 members (excludes halogenated alkanes) is 5. The van der Waals surface area contributed by atoms with Crippen LogP contribution >= 0.6 is 11.8 Å². The summed E-state index contributed by atoms with van der Waals surface area (Å²) in [6, 6.07) is 0. The van der Waals surface area contributed by atoms with E-state index < -0.39 is 0 Å². The second-order valence-corrected chi connectivity index (χ2v) is 20.2. The number of amides is 12. The van der Waals surface area contributed by atoms with Gasteiger partial charge in [-0.25, -0.2) is 0 Å². The Morgan fingerprint density at radius 3 is 1.16 bits per heavy atom. The van der Waals surface area contributed by atoms with E-state index in [0.717, 1.165) is 75.7 Å². The van der Waals surface area contributed by atoms with Gasteiger partial charge in [-0.1, -0.05) is 80.1 Å². The fraction of sp³-hybridized carbons (Fsp3) is 0.579. The van der Waals surface area contributed by atoms with Crippen LogP contribution in [0.2, 0.25) is 0 Å². The standard InChI is InChI=1S/C10H15NO3.C10H15NO2S.2C10H15NO2.C9H13NO2.C8H11NO2/c2*1-2-3-7-14-8-6-11-9(12)4-5-10(11)13;1-4-7-10(2,3)11-8(12)5-6-9(11)13;1-4-5-6-11-9(12)7(2)8(3)10(11)13;1-3-4-5-10-8(11)6-7(2)9(10)12;1-2-3-6-9-7(10)4-5-8(9)11/h2*4-5H,2-3,6-8H2,1H3;5-6H,4,7H2,1-3H3;4-6H2,1-3H3;6H,3-5H2,1-2H3;4-5H,2-3,6H2,1H3. The van der Waals surface area contributed by atoms with Crippen molar-refractivity contribution < 1.29 is 62.3 Å². The van der Waals surface area contributed by atoms with E-state index in [9.17, 15) is 57.5 Å². The van der Waals surface area contributed by atoms with Crippen LogP contribution in [-0.4, -0.2) is 163 Å². The second kappa shape index (κ2) is 36.6. The maximum Gasteiger partial charge on any atom is 0.256 e. The SMILES string of the molecule is CCCC(C)(C)N1C(=O)C=CC1=O.CCCCN1C(=O)C(C)=C(C)C1=O.CCCCN1C(=O)C=C(C)C1=O.CCCCN1C(=O)C=CC1=O.CCCCOCCN1C(=O)C=CC1=O.CCCCSCCN1C(=O)C=CC1=O. The fourth-order valence-electron chi connectivity index (χ4n) is 7.50. The first-order valence-electron chi connectivity index (χ1n) is 26.9. The summed E-state index contributed by atoms with van der Waals surface area (Å²) in [7, 11) is 0. The largest absolute Gasteiger partial charge is 0.380 e. The van der Waals surface area contributed by atoms with E-state index in [4.69, 9.17) is 4.74 Å². The summed E-state index contributed by atoms with van der Waals surface area (Å²) in [6.45, 7) is 25.0. The molecule has 0 aliphatic carbocycles. The van der Waals surface area contributed by atoms with Crippen molar-refractivity contribution in [3.8, 4) is 0 Å². The summed E-state index contributed by atoms with van der Waals surface area (Å²) in [5.41, 5.74) is 1.39. The topological polar surface area (TPSA) is 234 Å². The van der Waals surface area contributed by atoms with Crippen LogP contribution in [0, 0.1) is 0 Å². The smallest absolute Gasteiger partial charge is 0.256 e. The number of carbonyl (C=O) groups excluding carboxylic acids is 12. The first kappa shape index (κ1) is 68.6. The minimum atomic E-state index is -0.355. The molecule has 6 aliphatic rings. The van der Waals surface area contributed by atoms with Crippen molar-refractivity contribution in [1.29, 1.82) is 0 Å². The normalized spacial score (nSPS) is 16.6. The summed E-state index contributed by atoms with van der Waals surface area (Å²) in [6.07, 6.45) is 23.9. The Labute approximate surface area is 460 Å². The number of hydrogen-bond donors (Lipinski definition) is 0. The monoisotopic (exact) mass is 1090 g/mol. The molecule has 77 heavy (non-hydrogen) atoms. The molecule has 0 bridgehead atoms. The molecule has 0 atom stereocenters. The van der Waals surface area contributed by atoms with Gasteiger partial charge in [0.15, 0.2) is 0 Å². The van der Waals surface area contributed by atoms with Gasteiger partial charge in [0.1, 0.15) is 0 Å². The van der Waals surface area contributed by atoms with Gasteiger partial charge in [-0.15, -0.1) is 0 Å². The van der Waals surface area contributed by atoms with Gasteiger partial charge < -0.3 is 4.74 Å². The van der Waals surface area contributed by atoms with E-state index in [1.807, 2.05) is 41.5 Å². The summed E-state index contributed by atoms with van der Waals surface area (Å²) >= 11 is 1.79. The third kappa shape index (κ3) is 23.0. The van der Waals surface area contributed by atoms with E-state index in [2.05, 4.69) is 13.8 Å². The third-order valence-electron chi connectivity index (χ3n) is 12.3. The zero-order valence-electron chi connectivity index (χ0n) is 47.4. The summed E-state index contributed by atoms with van der Waals surface area (Å²) in [4.78, 5) is 142. The van der Waals surface area contributed by atoms with Crippen LogP contribution < -0.4 is 0 Å². The third-order valence-corrected chi connectivity index (χ3v) is 13.3. The lowest BCUT2D eigenvalue weighted by atomic mass is 9.97. The Bertz CT molecular complexity index is 2160.